The molecule has 2 N–H and O–H groups in total. The minimum atomic E-state index is 0.189. The molecule has 3 rings (SSSR count). The van der Waals surface area contributed by atoms with Crippen molar-refractivity contribution in [1.29, 1.82) is 0 Å². The van der Waals surface area contributed by atoms with Crippen molar-refractivity contribution in [3.63, 3.8) is 0 Å². The number of hydrogen-bond donors (Lipinski definition) is 1. The van der Waals surface area contributed by atoms with Gasteiger partial charge in [0.25, 0.3) is 0 Å². The van der Waals surface area contributed by atoms with Crippen molar-refractivity contribution in [3.05, 3.63) is 36.7 Å². The average molecular weight is 253 g/mol. The van der Waals surface area contributed by atoms with Crippen molar-refractivity contribution in [2.24, 2.45) is 0 Å². The number of benzene rings is 1. The molecule has 0 atom stereocenters. The van der Waals surface area contributed by atoms with Crippen molar-refractivity contribution < 1.29 is 4.74 Å². The molecule has 3 aromatic rings. The molecule has 0 radical (unpaired) electrons. The highest BCUT2D eigenvalue weighted by Crippen LogP contribution is 2.21. The minimum absolute atomic E-state index is 0.189. The summed E-state index contributed by atoms with van der Waals surface area (Å²) in [5.74, 6) is 0.984. The van der Waals surface area contributed by atoms with Crippen molar-refractivity contribution in [2.75, 3.05) is 12.8 Å². The molecular weight excluding hydrogens is 242 g/mol. The van der Waals surface area contributed by atoms with E-state index in [1.165, 1.54) is 0 Å². The summed E-state index contributed by atoms with van der Waals surface area (Å²) >= 11 is 0. The second-order valence-electron chi connectivity index (χ2n) is 3.92. The molecule has 19 heavy (non-hydrogen) atoms. The van der Waals surface area contributed by atoms with Crippen LogP contribution in [-0.2, 0) is 0 Å². The van der Waals surface area contributed by atoms with Crippen molar-refractivity contribution in [1.82, 2.24) is 19.9 Å². The average Bonchev–Trinajstić information content (AvgIpc) is 2.46. The molecule has 1 aromatic carbocycles. The van der Waals surface area contributed by atoms with Gasteiger partial charge in [-0.1, -0.05) is 0 Å². The number of aromatic nitrogens is 4. The number of methoxy groups -OCH3 is 1. The molecule has 0 saturated heterocycles. The number of ether oxygens (including phenoxy) is 1. The van der Waals surface area contributed by atoms with Gasteiger partial charge in [-0.2, -0.15) is 4.98 Å². The molecule has 0 spiro atoms. The maximum Gasteiger partial charge on any atom is 0.222 e. The van der Waals surface area contributed by atoms with Crippen LogP contribution < -0.4 is 10.5 Å². The summed E-state index contributed by atoms with van der Waals surface area (Å²) in [7, 11) is 1.63. The standard InChI is InChI=1S/C13H11N5O/c1-19-9-4-2-8(3-5-9)10-6-15-11-7-16-13(14)18-12(11)17-10/h2-7H,1H3,(H2,14,16,17,18). The van der Waals surface area contributed by atoms with Gasteiger partial charge in [0.1, 0.15) is 11.3 Å². The lowest BCUT2D eigenvalue weighted by Gasteiger charge is -2.04. The lowest BCUT2D eigenvalue weighted by atomic mass is 10.1. The van der Waals surface area contributed by atoms with E-state index in [2.05, 4.69) is 19.9 Å². The van der Waals surface area contributed by atoms with Gasteiger partial charge in [-0.3, -0.25) is 0 Å². The summed E-state index contributed by atoms with van der Waals surface area (Å²) in [5, 5.41) is 0. The van der Waals surface area contributed by atoms with Crippen LogP contribution in [0.25, 0.3) is 22.4 Å². The van der Waals surface area contributed by atoms with Gasteiger partial charge in [-0.15, -0.1) is 0 Å². The Labute approximate surface area is 109 Å². The van der Waals surface area contributed by atoms with Crippen LogP contribution >= 0.6 is 0 Å². The van der Waals surface area contributed by atoms with Gasteiger partial charge in [0, 0.05) is 5.56 Å². The van der Waals surface area contributed by atoms with Gasteiger partial charge < -0.3 is 10.5 Å². The minimum Gasteiger partial charge on any atom is -0.497 e. The predicted octanol–water partition coefficient (Wildman–Crippen LogP) is 1.68. The Balaban J connectivity index is 2.08. The van der Waals surface area contributed by atoms with Gasteiger partial charge in [-0.05, 0) is 24.3 Å². The predicted molar refractivity (Wildman–Crippen MR) is 71.5 cm³/mol. The fourth-order valence-electron chi connectivity index (χ4n) is 1.73. The largest absolute Gasteiger partial charge is 0.497 e. The first-order valence-corrected chi connectivity index (χ1v) is 5.66. The van der Waals surface area contributed by atoms with E-state index in [9.17, 15) is 0 Å². The van der Waals surface area contributed by atoms with E-state index < -0.39 is 0 Å². The molecule has 94 valence electrons. The van der Waals surface area contributed by atoms with Crippen LogP contribution in [0.4, 0.5) is 5.95 Å². The Morgan fingerprint density at radius 1 is 1.00 bits per heavy atom. The lowest BCUT2D eigenvalue weighted by molar-refractivity contribution is 0.415. The molecule has 2 heterocycles. The van der Waals surface area contributed by atoms with E-state index in [-0.39, 0.29) is 5.95 Å². The zero-order chi connectivity index (χ0) is 13.2. The van der Waals surface area contributed by atoms with E-state index in [4.69, 9.17) is 10.5 Å². The normalized spacial score (nSPS) is 10.6. The van der Waals surface area contributed by atoms with E-state index >= 15 is 0 Å². The molecule has 0 aliphatic heterocycles. The first kappa shape index (κ1) is 11.3. The fraction of sp³-hybridized carbons (Fsp3) is 0.0769. The van der Waals surface area contributed by atoms with Gasteiger partial charge in [0.05, 0.1) is 25.2 Å². The van der Waals surface area contributed by atoms with Gasteiger partial charge in [-0.25, -0.2) is 15.0 Å². The summed E-state index contributed by atoms with van der Waals surface area (Å²) in [5.41, 5.74) is 8.32. The van der Waals surface area contributed by atoms with Gasteiger partial charge in [0.15, 0.2) is 5.65 Å². The van der Waals surface area contributed by atoms with Crippen LogP contribution in [0.1, 0.15) is 0 Å². The Hall–Kier alpha value is -2.76. The maximum atomic E-state index is 5.54. The third-order valence-corrected chi connectivity index (χ3v) is 2.71. The van der Waals surface area contributed by atoms with Crippen LogP contribution in [0.5, 0.6) is 5.75 Å². The quantitative estimate of drug-likeness (QED) is 0.747. The van der Waals surface area contributed by atoms with E-state index in [0.717, 1.165) is 17.0 Å². The first-order valence-electron chi connectivity index (χ1n) is 5.66. The molecule has 0 bridgehead atoms. The molecule has 0 amide bonds. The second-order valence-corrected chi connectivity index (χ2v) is 3.92. The van der Waals surface area contributed by atoms with Crippen LogP contribution in [0.2, 0.25) is 0 Å². The van der Waals surface area contributed by atoms with Crippen LogP contribution in [0.15, 0.2) is 36.7 Å². The molecular formula is C13H11N5O. The van der Waals surface area contributed by atoms with Crippen LogP contribution in [-0.4, -0.2) is 27.0 Å². The van der Waals surface area contributed by atoms with Crippen LogP contribution in [0.3, 0.4) is 0 Å². The van der Waals surface area contributed by atoms with Gasteiger partial charge in [0.2, 0.25) is 5.95 Å². The second kappa shape index (κ2) is 4.49. The number of fused-ring (bicyclic) bond motifs is 1. The zero-order valence-corrected chi connectivity index (χ0v) is 10.2. The maximum absolute atomic E-state index is 5.54. The van der Waals surface area contributed by atoms with Crippen molar-refractivity contribution in [3.8, 4) is 17.0 Å². The number of rotatable bonds is 2. The molecule has 0 aliphatic rings. The smallest absolute Gasteiger partial charge is 0.222 e. The SMILES string of the molecule is COc1ccc(-c2cnc3cnc(N)nc3n2)cc1. The lowest BCUT2D eigenvalue weighted by Crippen LogP contribution is -1.98. The molecule has 0 saturated carbocycles. The Bertz CT molecular complexity index is 727. The molecule has 0 fully saturated rings. The third kappa shape index (κ3) is 2.15. The molecule has 6 nitrogen and oxygen atoms in total. The topological polar surface area (TPSA) is 86.8 Å². The summed E-state index contributed by atoms with van der Waals surface area (Å²) in [6.07, 6.45) is 3.24. The number of nitrogens with zero attached hydrogens (tertiary/aromatic N) is 4. The summed E-state index contributed by atoms with van der Waals surface area (Å²) in [6, 6.07) is 7.57. The molecule has 0 unspecified atom stereocenters. The number of nitrogen functional groups attached to an aromatic ring is 1. The van der Waals surface area contributed by atoms with Gasteiger partial charge >= 0.3 is 0 Å². The van der Waals surface area contributed by atoms with Crippen LogP contribution in [0, 0.1) is 0 Å². The highest BCUT2D eigenvalue weighted by Gasteiger charge is 2.05. The van der Waals surface area contributed by atoms with Crippen molar-refractivity contribution >= 4 is 17.1 Å². The number of hydrogen-bond acceptors (Lipinski definition) is 6. The fourth-order valence-corrected chi connectivity index (χ4v) is 1.73. The zero-order valence-electron chi connectivity index (χ0n) is 10.2. The summed E-state index contributed by atoms with van der Waals surface area (Å²) < 4.78 is 5.12. The van der Waals surface area contributed by atoms with E-state index in [1.807, 2.05) is 24.3 Å². The van der Waals surface area contributed by atoms with E-state index in [0.29, 0.717) is 11.2 Å². The number of nitrogens with two attached hydrogens (primary N) is 1. The van der Waals surface area contributed by atoms with E-state index in [1.54, 1.807) is 19.5 Å². The third-order valence-electron chi connectivity index (χ3n) is 2.71. The first-order chi connectivity index (χ1) is 9.26. The summed E-state index contributed by atoms with van der Waals surface area (Å²) in [6.45, 7) is 0. The Morgan fingerprint density at radius 3 is 2.53 bits per heavy atom. The molecule has 6 heteroatoms. The Morgan fingerprint density at radius 2 is 1.79 bits per heavy atom. The Kier molecular flexibility index (Phi) is 2.68. The highest BCUT2D eigenvalue weighted by atomic mass is 16.5. The molecule has 0 aliphatic carbocycles. The summed E-state index contributed by atoms with van der Waals surface area (Å²) in [4.78, 5) is 16.6. The highest BCUT2D eigenvalue weighted by molar-refractivity contribution is 5.73. The monoisotopic (exact) mass is 253 g/mol. The van der Waals surface area contributed by atoms with Crippen molar-refractivity contribution in [2.45, 2.75) is 0 Å². The molecule has 2 aromatic heterocycles. The number of anilines is 1.